The highest BCUT2D eigenvalue weighted by Gasteiger charge is 2.38. The van der Waals surface area contributed by atoms with Crippen LogP contribution in [0.1, 0.15) is 48.7 Å². The number of rotatable bonds is 7. The first-order valence-electron chi connectivity index (χ1n) is 12.8. The fourth-order valence-electron chi connectivity index (χ4n) is 5.20. The first-order chi connectivity index (χ1) is 18.7. The van der Waals surface area contributed by atoms with Crippen molar-refractivity contribution >= 4 is 17.3 Å². The van der Waals surface area contributed by atoms with Crippen LogP contribution in [0.25, 0.3) is 17.2 Å². The molecule has 1 aliphatic carbocycles. The summed E-state index contributed by atoms with van der Waals surface area (Å²) < 4.78 is 48.9. The number of pyridine rings is 1. The van der Waals surface area contributed by atoms with Crippen LogP contribution in [0, 0.1) is 6.92 Å². The predicted octanol–water partition coefficient (Wildman–Crippen LogP) is 5.95. The fourth-order valence-corrected chi connectivity index (χ4v) is 5.51. The third kappa shape index (κ3) is 5.19. The van der Waals surface area contributed by atoms with Crippen molar-refractivity contribution in [2.45, 2.75) is 57.3 Å². The molecule has 204 valence electrons. The number of alkyl halides is 3. The van der Waals surface area contributed by atoms with Gasteiger partial charge in [-0.1, -0.05) is 17.7 Å². The first-order valence-corrected chi connectivity index (χ1v) is 13.2. The van der Waals surface area contributed by atoms with Crippen molar-refractivity contribution in [2.24, 2.45) is 0 Å². The Bertz CT molecular complexity index is 1510. The Hall–Kier alpha value is -3.60. The second kappa shape index (κ2) is 9.86. The number of aromatic nitrogens is 6. The van der Waals surface area contributed by atoms with Crippen LogP contribution in [0.15, 0.2) is 42.9 Å². The molecular weight excluding hydrogens is 531 g/mol. The van der Waals surface area contributed by atoms with Crippen LogP contribution < -0.4 is 9.64 Å². The average Bonchev–Trinajstić information content (AvgIpc) is 3.50. The molecule has 0 radical (unpaired) electrons. The lowest BCUT2D eigenvalue weighted by Gasteiger charge is -2.28. The maximum Gasteiger partial charge on any atom is 0.405 e. The van der Waals surface area contributed by atoms with Gasteiger partial charge in [-0.2, -0.15) is 13.2 Å². The number of methoxy groups -OCH3 is 1. The molecule has 1 saturated carbocycles. The van der Waals surface area contributed by atoms with Crippen LogP contribution in [-0.2, 0) is 6.54 Å². The summed E-state index contributed by atoms with van der Waals surface area (Å²) in [6.07, 6.45) is 2.50. The standard InChI is InChI=1S/C27H27ClF3N7O/c1-16-13-36(15-32-16)23-10-9-22(33-26(23)39-2)24-34-25-20(4-3-11-38(25)35-24)19-8-7-18(12-21(19)28)37(17-5-6-17)14-27(29,30)31/h7-10,12-13,15,17,20H,3-6,11,14H2,1-2H3/t20-/m0/s1. The highest BCUT2D eigenvalue weighted by Crippen LogP contribution is 2.41. The molecule has 0 bridgehead atoms. The van der Waals surface area contributed by atoms with E-state index in [-0.39, 0.29) is 12.0 Å². The minimum Gasteiger partial charge on any atom is -0.479 e. The fraction of sp³-hybridized carbons (Fsp3) is 0.407. The zero-order chi connectivity index (χ0) is 27.3. The summed E-state index contributed by atoms with van der Waals surface area (Å²) in [5.74, 6) is 1.53. The van der Waals surface area contributed by atoms with Crippen LogP contribution in [0.4, 0.5) is 18.9 Å². The third-order valence-electron chi connectivity index (χ3n) is 7.16. The van der Waals surface area contributed by atoms with Gasteiger partial charge in [-0.15, -0.1) is 5.10 Å². The van der Waals surface area contributed by atoms with E-state index in [9.17, 15) is 13.2 Å². The second-order valence-electron chi connectivity index (χ2n) is 10.0. The number of fused-ring (bicyclic) bond motifs is 1. The van der Waals surface area contributed by atoms with Crippen LogP contribution in [0.5, 0.6) is 5.88 Å². The molecule has 0 saturated heterocycles. The van der Waals surface area contributed by atoms with Gasteiger partial charge in [0, 0.05) is 35.4 Å². The van der Waals surface area contributed by atoms with Gasteiger partial charge in [0.2, 0.25) is 5.88 Å². The molecule has 1 aromatic carbocycles. The SMILES string of the molecule is COc1nc(-c2nc3n(n2)CCC[C@H]3c2ccc(N(CC(F)(F)F)C3CC3)cc2Cl)ccc1-n1cnc(C)c1. The van der Waals surface area contributed by atoms with Crippen LogP contribution in [0.2, 0.25) is 5.02 Å². The van der Waals surface area contributed by atoms with Gasteiger partial charge in [0.1, 0.15) is 23.8 Å². The monoisotopic (exact) mass is 557 g/mol. The molecule has 0 N–H and O–H groups in total. The van der Waals surface area contributed by atoms with E-state index in [1.54, 1.807) is 25.6 Å². The van der Waals surface area contributed by atoms with Crippen molar-refractivity contribution in [2.75, 3.05) is 18.6 Å². The van der Waals surface area contributed by atoms with Gasteiger partial charge in [-0.3, -0.25) is 0 Å². The molecule has 1 aliphatic heterocycles. The van der Waals surface area contributed by atoms with E-state index in [1.807, 2.05) is 40.6 Å². The number of hydrogen-bond donors (Lipinski definition) is 0. The lowest BCUT2D eigenvalue weighted by atomic mass is 9.91. The summed E-state index contributed by atoms with van der Waals surface area (Å²) in [6.45, 7) is 1.63. The van der Waals surface area contributed by atoms with Crippen molar-refractivity contribution in [3.8, 4) is 23.1 Å². The first kappa shape index (κ1) is 25.7. The molecule has 12 heteroatoms. The molecule has 1 atom stereocenters. The Balaban J connectivity index is 1.30. The highest BCUT2D eigenvalue weighted by atomic mass is 35.5. The van der Waals surface area contributed by atoms with Crippen molar-refractivity contribution < 1.29 is 17.9 Å². The quantitative estimate of drug-likeness (QED) is 0.279. The Morgan fingerprint density at radius 1 is 1.13 bits per heavy atom. The number of imidazole rings is 1. The zero-order valence-electron chi connectivity index (χ0n) is 21.5. The maximum absolute atomic E-state index is 13.2. The van der Waals surface area contributed by atoms with Gasteiger partial charge in [0.25, 0.3) is 0 Å². The summed E-state index contributed by atoms with van der Waals surface area (Å²) in [4.78, 5) is 15.2. The molecule has 39 heavy (non-hydrogen) atoms. The minimum absolute atomic E-state index is 0.0949. The number of aryl methyl sites for hydroxylation is 2. The Kier molecular flexibility index (Phi) is 6.49. The summed E-state index contributed by atoms with van der Waals surface area (Å²) >= 11 is 6.71. The number of ether oxygens (including phenoxy) is 1. The largest absolute Gasteiger partial charge is 0.479 e. The number of hydrogen-bond acceptors (Lipinski definition) is 6. The molecule has 8 nitrogen and oxygen atoms in total. The summed E-state index contributed by atoms with van der Waals surface area (Å²) in [5, 5.41) is 5.15. The molecule has 0 amide bonds. The molecular formula is C27H27ClF3N7O. The van der Waals surface area contributed by atoms with Crippen molar-refractivity contribution in [1.29, 1.82) is 0 Å². The molecule has 2 aliphatic rings. The van der Waals surface area contributed by atoms with Gasteiger partial charge < -0.3 is 14.2 Å². The van der Waals surface area contributed by atoms with Gasteiger partial charge in [-0.05, 0) is 62.4 Å². The van der Waals surface area contributed by atoms with Crippen molar-refractivity contribution in [3.63, 3.8) is 0 Å². The van der Waals surface area contributed by atoms with Crippen LogP contribution >= 0.6 is 11.6 Å². The maximum atomic E-state index is 13.2. The number of nitrogens with zero attached hydrogens (tertiary/aromatic N) is 7. The van der Waals surface area contributed by atoms with Gasteiger partial charge in [-0.25, -0.2) is 19.6 Å². The lowest BCUT2D eigenvalue weighted by molar-refractivity contribution is -0.120. The zero-order valence-corrected chi connectivity index (χ0v) is 22.2. The topological polar surface area (TPSA) is 73.9 Å². The number of anilines is 1. The Morgan fingerprint density at radius 2 is 1.95 bits per heavy atom. The van der Waals surface area contributed by atoms with E-state index in [0.29, 0.717) is 34.7 Å². The molecule has 4 aromatic rings. The Labute approximate surface area is 228 Å². The Morgan fingerprint density at radius 3 is 2.62 bits per heavy atom. The van der Waals surface area contributed by atoms with E-state index >= 15 is 0 Å². The molecule has 1 fully saturated rings. The molecule has 4 heterocycles. The smallest absolute Gasteiger partial charge is 0.405 e. The normalized spacial score (nSPS) is 17.2. The van der Waals surface area contributed by atoms with E-state index in [4.69, 9.17) is 26.4 Å². The van der Waals surface area contributed by atoms with Crippen molar-refractivity contribution in [3.05, 3.63) is 65.0 Å². The number of halogens is 4. The van der Waals surface area contributed by atoms with Crippen LogP contribution in [-0.4, -0.2) is 55.2 Å². The predicted molar refractivity (Wildman–Crippen MR) is 141 cm³/mol. The van der Waals surface area contributed by atoms with E-state index < -0.39 is 12.7 Å². The minimum atomic E-state index is -4.28. The summed E-state index contributed by atoms with van der Waals surface area (Å²) in [5.41, 5.74) is 3.52. The van der Waals surface area contributed by atoms with Gasteiger partial charge >= 0.3 is 6.18 Å². The summed E-state index contributed by atoms with van der Waals surface area (Å²) in [6, 6.07) is 8.87. The van der Waals surface area contributed by atoms with Gasteiger partial charge in [0.15, 0.2) is 5.82 Å². The highest BCUT2D eigenvalue weighted by molar-refractivity contribution is 6.31. The van der Waals surface area contributed by atoms with E-state index in [0.717, 1.165) is 48.5 Å². The van der Waals surface area contributed by atoms with E-state index in [2.05, 4.69) is 9.97 Å². The molecule has 3 aromatic heterocycles. The van der Waals surface area contributed by atoms with Crippen LogP contribution in [0.3, 0.4) is 0 Å². The third-order valence-corrected chi connectivity index (χ3v) is 7.48. The molecule has 0 unspecified atom stereocenters. The molecule has 6 rings (SSSR count). The average molecular weight is 558 g/mol. The van der Waals surface area contributed by atoms with Crippen molar-refractivity contribution in [1.82, 2.24) is 29.3 Å². The summed E-state index contributed by atoms with van der Waals surface area (Å²) in [7, 11) is 1.56. The second-order valence-corrected chi connectivity index (χ2v) is 10.4. The van der Waals surface area contributed by atoms with E-state index in [1.165, 1.54) is 4.90 Å². The number of benzene rings is 1. The molecule has 0 spiro atoms. The lowest BCUT2D eigenvalue weighted by Crippen LogP contribution is -2.36. The van der Waals surface area contributed by atoms with Gasteiger partial charge in [0.05, 0.1) is 19.1 Å².